The van der Waals surface area contributed by atoms with Crippen molar-refractivity contribution in [3.05, 3.63) is 69.8 Å². The van der Waals surface area contributed by atoms with E-state index < -0.39 is 53.4 Å². The molecule has 3 heterocycles. The van der Waals surface area contributed by atoms with Crippen LogP contribution in [0.25, 0.3) is 16.5 Å². The molecule has 0 bridgehead atoms. The van der Waals surface area contributed by atoms with Crippen molar-refractivity contribution in [1.29, 1.82) is 0 Å². The molecule has 1 fully saturated rings. The summed E-state index contributed by atoms with van der Waals surface area (Å²) in [6.45, 7) is 0.727. The van der Waals surface area contributed by atoms with E-state index in [9.17, 15) is 41.0 Å². The monoisotopic (exact) mass is 583 g/mol. The number of aliphatic carboxylic acids is 1. The molecule has 2 aromatic carbocycles. The van der Waals surface area contributed by atoms with Gasteiger partial charge >= 0.3 is 18.3 Å². The summed E-state index contributed by atoms with van der Waals surface area (Å²) in [5.74, 6) is -1.93. The van der Waals surface area contributed by atoms with E-state index in [1.54, 1.807) is 18.2 Å². The number of amidine groups is 1. The van der Waals surface area contributed by atoms with Crippen LogP contribution < -0.4 is 5.32 Å². The molecule has 210 valence electrons. The number of amides is 1. The molecule has 2 aliphatic rings. The number of piperazine rings is 1. The van der Waals surface area contributed by atoms with Gasteiger partial charge in [-0.3, -0.25) is 9.89 Å². The van der Waals surface area contributed by atoms with Crippen LogP contribution in [0, 0.1) is 0 Å². The zero-order valence-electron chi connectivity index (χ0n) is 20.2. The Hall–Kier alpha value is -3.85. The summed E-state index contributed by atoms with van der Waals surface area (Å²) in [6.07, 6.45) is -9.16. The van der Waals surface area contributed by atoms with Crippen molar-refractivity contribution in [2.75, 3.05) is 19.6 Å². The molecular formula is C25H19F6N5O3S. The first-order chi connectivity index (χ1) is 18.8. The van der Waals surface area contributed by atoms with Crippen molar-refractivity contribution in [3.63, 3.8) is 0 Å². The molecule has 0 saturated carbocycles. The lowest BCUT2D eigenvalue weighted by Gasteiger charge is -2.34. The van der Waals surface area contributed by atoms with Crippen molar-refractivity contribution >= 4 is 45.3 Å². The summed E-state index contributed by atoms with van der Waals surface area (Å²) in [5, 5.41) is 19.9. The lowest BCUT2D eigenvalue weighted by atomic mass is 9.92. The number of aliphatic imine (C=N–C) groups is 1. The van der Waals surface area contributed by atoms with Crippen molar-refractivity contribution in [2.24, 2.45) is 4.99 Å². The SMILES string of the molecule is O=C1N=C(N2CCNC[C@@H]2C(=O)O)SC1=C(Cc1ccc(C(F)(F)F)cc1C(F)(F)F)c1ccc2[nH]ncc2c1. The molecule has 3 N–H and O–H groups in total. The van der Waals surface area contributed by atoms with Gasteiger partial charge in [0.1, 0.15) is 6.04 Å². The van der Waals surface area contributed by atoms with Crippen LogP contribution in [0.15, 0.2) is 52.5 Å². The normalized spacial score (nSPS) is 19.8. The van der Waals surface area contributed by atoms with E-state index in [2.05, 4.69) is 20.5 Å². The van der Waals surface area contributed by atoms with Gasteiger partial charge in [0, 0.05) is 25.0 Å². The number of allylic oxidation sites excluding steroid dienone is 1. The third-order valence-corrected chi connectivity index (χ3v) is 7.67. The quantitative estimate of drug-likeness (QED) is 0.306. The first-order valence-corrected chi connectivity index (χ1v) is 12.6. The Kier molecular flexibility index (Phi) is 7.12. The number of aromatic nitrogens is 2. The van der Waals surface area contributed by atoms with Gasteiger partial charge in [-0.2, -0.15) is 36.4 Å². The fraction of sp³-hybridized carbons (Fsp3) is 0.280. The highest BCUT2D eigenvalue weighted by atomic mass is 32.2. The third-order valence-electron chi connectivity index (χ3n) is 6.53. The van der Waals surface area contributed by atoms with Gasteiger partial charge in [-0.25, -0.2) is 4.79 Å². The van der Waals surface area contributed by atoms with Crippen LogP contribution in [-0.2, 0) is 28.4 Å². The van der Waals surface area contributed by atoms with Crippen LogP contribution in [0.2, 0.25) is 0 Å². The lowest BCUT2D eigenvalue weighted by Crippen LogP contribution is -2.56. The van der Waals surface area contributed by atoms with Gasteiger partial charge < -0.3 is 15.3 Å². The maximum Gasteiger partial charge on any atom is 0.416 e. The number of aromatic amines is 1. The van der Waals surface area contributed by atoms with Crippen LogP contribution in [0.3, 0.4) is 0 Å². The number of thioether (sulfide) groups is 1. The molecule has 15 heteroatoms. The number of hydrogen-bond donors (Lipinski definition) is 3. The van der Waals surface area contributed by atoms with Crippen LogP contribution in [0.4, 0.5) is 26.3 Å². The number of halogens is 6. The molecule has 0 radical (unpaired) electrons. The maximum absolute atomic E-state index is 14.0. The number of nitrogens with one attached hydrogen (secondary N) is 2. The van der Waals surface area contributed by atoms with Crippen LogP contribution in [0.5, 0.6) is 0 Å². The van der Waals surface area contributed by atoms with E-state index in [0.717, 1.165) is 17.8 Å². The Morgan fingerprint density at radius 1 is 1.10 bits per heavy atom. The molecule has 2 aliphatic heterocycles. The molecule has 40 heavy (non-hydrogen) atoms. The zero-order chi connectivity index (χ0) is 28.8. The minimum atomic E-state index is -5.11. The standard InChI is InChI=1S/C25H19F6N5O3S/c26-24(27,28)15-3-1-13(17(9-15)25(29,30)31)8-16(12-2-4-18-14(7-12)10-33-35-18)20-21(37)34-23(40-20)36-6-5-32-11-19(36)22(38)39/h1-4,7,9-10,19,32H,5-6,8,11H2,(H,33,35)(H,38,39)/t19-/m1/s1. The molecular weight excluding hydrogens is 564 g/mol. The number of rotatable bonds is 4. The molecule has 0 unspecified atom stereocenters. The molecule has 3 aromatic rings. The van der Waals surface area contributed by atoms with Crippen molar-refractivity contribution < 1.29 is 41.0 Å². The first-order valence-electron chi connectivity index (χ1n) is 11.8. The Balaban J connectivity index is 1.62. The second kappa shape index (κ2) is 10.3. The number of fused-ring (bicyclic) bond motifs is 1. The molecule has 1 saturated heterocycles. The number of carbonyl (C=O) groups is 2. The second-order valence-electron chi connectivity index (χ2n) is 9.08. The third kappa shape index (κ3) is 5.43. The van der Waals surface area contributed by atoms with Crippen molar-refractivity contribution in [2.45, 2.75) is 24.8 Å². The number of benzene rings is 2. The largest absolute Gasteiger partial charge is 0.480 e. The highest BCUT2D eigenvalue weighted by Gasteiger charge is 2.40. The summed E-state index contributed by atoms with van der Waals surface area (Å²) in [7, 11) is 0. The minimum absolute atomic E-state index is 0.0476. The second-order valence-corrected chi connectivity index (χ2v) is 10.1. The van der Waals surface area contributed by atoms with E-state index in [1.807, 2.05) is 0 Å². The highest BCUT2D eigenvalue weighted by Crippen LogP contribution is 2.42. The van der Waals surface area contributed by atoms with Gasteiger partial charge in [0.2, 0.25) is 0 Å². The lowest BCUT2D eigenvalue weighted by molar-refractivity contribution is -0.144. The fourth-order valence-corrected chi connectivity index (χ4v) is 5.66. The summed E-state index contributed by atoms with van der Waals surface area (Å²) >= 11 is 0.827. The van der Waals surface area contributed by atoms with Crippen molar-refractivity contribution in [1.82, 2.24) is 20.4 Å². The van der Waals surface area contributed by atoms with Gasteiger partial charge in [0.05, 0.1) is 27.7 Å². The molecule has 8 nitrogen and oxygen atoms in total. The first kappa shape index (κ1) is 27.7. The van der Waals surface area contributed by atoms with Gasteiger partial charge in [-0.15, -0.1) is 0 Å². The fourth-order valence-electron chi connectivity index (χ4n) is 4.57. The van der Waals surface area contributed by atoms with Crippen LogP contribution in [0.1, 0.15) is 22.3 Å². The summed E-state index contributed by atoms with van der Waals surface area (Å²) in [6, 6.07) is 5.11. The molecule has 1 aromatic heterocycles. The van der Waals surface area contributed by atoms with E-state index >= 15 is 0 Å². The Morgan fingerprint density at radius 3 is 2.58 bits per heavy atom. The number of carbonyl (C=O) groups excluding carboxylic acids is 1. The average molecular weight is 584 g/mol. The number of carboxylic acid groups (broad SMARTS) is 1. The Labute approximate surface area is 226 Å². The van der Waals surface area contributed by atoms with Gasteiger partial charge in [0.25, 0.3) is 5.91 Å². The molecule has 0 spiro atoms. The number of H-pyrrole nitrogens is 1. The zero-order valence-corrected chi connectivity index (χ0v) is 21.0. The van der Waals surface area contributed by atoms with E-state index in [0.29, 0.717) is 29.1 Å². The molecule has 1 atom stereocenters. The summed E-state index contributed by atoms with van der Waals surface area (Å²) in [5.41, 5.74) is -2.34. The van der Waals surface area contributed by atoms with Crippen LogP contribution in [-0.4, -0.2) is 62.9 Å². The smallest absolute Gasteiger partial charge is 0.416 e. The Morgan fingerprint density at radius 2 is 1.88 bits per heavy atom. The van der Waals surface area contributed by atoms with Crippen molar-refractivity contribution in [3.8, 4) is 0 Å². The summed E-state index contributed by atoms with van der Waals surface area (Å²) in [4.78, 5) is 30.3. The number of alkyl halides is 6. The average Bonchev–Trinajstić information content (AvgIpc) is 3.52. The van der Waals surface area contributed by atoms with E-state index in [-0.39, 0.29) is 34.8 Å². The van der Waals surface area contributed by atoms with E-state index in [1.165, 1.54) is 11.1 Å². The highest BCUT2D eigenvalue weighted by molar-refractivity contribution is 8.18. The number of nitrogens with zero attached hydrogens (tertiary/aromatic N) is 3. The number of hydrogen-bond acceptors (Lipinski definition) is 6. The Bertz CT molecular complexity index is 1560. The molecule has 1 amide bonds. The molecule has 5 rings (SSSR count). The number of carboxylic acids is 1. The maximum atomic E-state index is 14.0. The van der Waals surface area contributed by atoms with Gasteiger partial charge in [-0.1, -0.05) is 12.1 Å². The predicted octanol–water partition coefficient (Wildman–Crippen LogP) is 4.54. The molecule has 0 aliphatic carbocycles. The topological polar surface area (TPSA) is 111 Å². The van der Waals surface area contributed by atoms with E-state index in [4.69, 9.17) is 0 Å². The summed E-state index contributed by atoms with van der Waals surface area (Å²) < 4.78 is 81.6. The van der Waals surface area contributed by atoms with Gasteiger partial charge in [0.15, 0.2) is 5.17 Å². The van der Waals surface area contributed by atoms with Gasteiger partial charge in [-0.05, 0) is 59.1 Å². The minimum Gasteiger partial charge on any atom is -0.480 e. The van der Waals surface area contributed by atoms with Crippen LogP contribution >= 0.6 is 11.8 Å². The predicted molar refractivity (Wildman–Crippen MR) is 134 cm³/mol.